The van der Waals surface area contributed by atoms with E-state index in [1.807, 2.05) is 44.2 Å². The van der Waals surface area contributed by atoms with Crippen LogP contribution in [-0.4, -0.2) is 51.4 Å². The average Bonchev–Trinajstić information content (AvgIpc) is 3.20. The van der Waals surface area contributed by atoms with Gasteiger partial charge in [0.15, 0.2) is 6.54 Å². The number of aryl methyl sites for hydroxylation is 3. The van der Waals surface area contributed by atoms with Crippen molar-refractivity contribution in [2.75, 3.05) is 38.0 Å². The Balaban J connectivity index is 1.34. The summed E-state index contributed by atoms with van der Waals surface area (Å²) in [6, 6.07) is 11.4. The van der Waals surface area contributed by atoms with Crippen LogP contribution in [0.15, 0.2) is 41.3 Å². The summed E-state index contributed by atoms with van der Waals surface area (Å²) in [5.41, 5.74) is 5.51. The number of hydrogen-bond donors (Lipinski definition) is 2. The Morgan fingerprint density at radius 3 is 2.57 bits per heavy atom. The first-order chi connectivity index (χ1) is 14.3. The standard InChI is InChI=1S/C23H29N3O3S/c1-17-5-3-8-22(18(17)2)24-23(27)16-25-11-13-26(14-12-25)30(28,29)21-10-9-19-6-4-7-20(19)15-21/h3,5,8-10,15H,4,6-7,11-14,16H2,1-2H3,(H,24,27)/p+1. The van der Waals surface area contributed by atoms with Gasteiger partial charge in [-0.1, -0.05) is 18.2 Å². The third-order valence-electron chi connectivity index (χ3n) is 6.43. The zero-order valence-corrected chi connectivity index (χ0v) is 18.5. The molecule has 0 bridgehead atoms. The number of rotatable bonds is 5. The van der Waals surface area contributed by atoms with Crippen LogP contribution in [0, 0.1) is 13.8 Å². The van der Waals surface area contributed by atoms with E-state index in [9.17, 15) is 13.2 Å². The molecule has 160 valence electrons. The number of hydrogen-bond acceptors (Lipinski definition) is 3. The molecule has 2 aliphatic rings. The summed E-state index contributed by atoms with van der Waals surface area (Å²) < 4.78 is 27.7. The Hall–Kier alpha value is -2.22. The maximum atomic E-state index is 13.1. The molecule has 1 saturated heterocycles. The molecular weight excluding hydrogens is 398 g/mol. The molecule has 0 spiro atoms. The molecule has 0 saturated carbocycles. The van der Waals surface area contributed by atoms with Gasteiger partial charge in [0.2, 0.25) is 10.0 Å². The summed E-state index contributed by atoms with van der Waals surface area (Å²) in [5.74, 6) is -0.0337. The van der Waals surface area contributed by atoms with E-state index in [0.29, 0.717) is 37.6 Å². The summed E-state index contributed by atoms with van der Waals surface area (Å²) in [6.07, 6.45) is 3.11. The van der Waals surface area contributed by atoms with E-state index in [1.54, 1.807) is 10.4 Å². The van der Waals surface area contributed by atoms with Crippen LogP contribution in [0.5, 0.6) is 0 Å². The van der Waals surface area contributed by atoms with Gasteiger partial charge in [-0.2, -0.15) is 4.31 Å². The fourth-order valence-corrected chi connectivity index (χ4v) is 5.88. The summed E-state index contributed by atoms with van der Waals surface area (Å²) in [4.78, 5) is 14.0. The molecule has 0 atom stereocenters. The van der Waals surface area contributed by atoms with Gasteiger partial charge in [0, 0.05) is 5.69 Å². The van der Waals surface area contributed by atoms with Crippen LogP contribution < -0.4 is 10.2 Å². The van der Waals surface area contributed by atoms with E-state index in [-0.39, 0.29) is 5.91 Å². The largest absolute Gasteiger partial charge is 0.325 e. The van der Waals surface area contributed by atoms with Gasteiger partial charge < -0.3 is 10.2 Å². The lowest BCUT2D eigenvalue weighted by molar-refractivity contribution is -0.895. The third kappa shape index (κ3) is 4.29. The zero-order valence-electron chi connectivity index (χ0n) is 17.7. The van der Waals surface area contributed by atoms with Crippen molar-refractivity contribution in [3.05, 3.63) is 58.7 Å². The maximum Gasteiger partial charge on any atom is 0.279 e. The minimum Gasteiger partial charge on any atom is -0.325 e. The van der Waals surface area contributed by atoms with Crippen LogP contribution in [0.2, 0.25) is 0 Å². The van der Waals surface area contributed by atoms with E-state index in [0.717, 1.165) is 41.0 Å². The Kier molecular flexibility index (Phi) is 5.95. The van der Waals surface area contributed by atoms with Crippen LogP contribution >= 0.6 is 0 Å². The number of quaternary nitrogens is 1. The predicted molar refractivity (Wildman–Crippen MR) is 117 cm³/mol. The van der Waals surface area contributed by atoms with Crippen LogP contribution in [0.4, 0.5) is 5.69 Å². The zero-order chi connectivity index (χ0) is 21.3. The lowest BCUT2D eigenvalue weighted by Crippen LogP contribution is -3.15. The molecule has 0 radical (unpaired) electrons. The van der Waals surface area contributed by atoms with Crippen LogP contribution in [-0.2, 0) is 27.7 Å². The van der Waals surface area contributed by atoms with E-state index >= 15 is 0 Å². The van der Waals surface area contributed by atoms with Crippen molar-refractivity contribution in [1.82, 2.24) is 4.31 Å². The fraction of sp³-hybridized carbons (Fsp3) is 0.435. The second-order valence-corrected chi connectivity index (χ2v) is 10.3. The molecule has 0 unspecified atom stereocenters. The van der Waals surface area contributed by atoms with Crippen LogP contribution in [0.25, 0.3) is 0 Å². The number of fused-ring (bicyclic) bond motifs is 1. The third-order valence-corrected chi connectivity index (χ3v) is 8.32. The van der Waals surface area contributed by atoms with Crippen molar-refractivity contribution < 1.29 is 18.1 Å². The van der Waals surface area contributed by atoms with Crippen LogP contribution in [0.3, 0.4) is 0 Å². The molecule has 1 aliphatic heterocycles. The second-order valence-electron chi connectivity index (χ2n) is 8.41. The van der Waals surface area contributed by atoms with Gasteiger partial charge in [-0.25, -0.2) is 8.42 Å². The lowest BCUT2D eigenvalue weighted by atomic mass is 10.1. The molecule has 1 aliphatic carbocycles. The number of carbonyl (C=O) groups is 1. The Morgan fingerprint density at radius 2 is 1.80 bits per heavy atom. The number of sulfonamides is 1. The first-order valence-electron chi connectivity index (χ1n) is 10.7. The summed E-state index contributed by atoms with van der Waals surface area (Å²) in [7, 11) is -3.47. The lowest BCUT2D eigenvalue weighted by Gasteiger charge is -2.31. The molecule has 7 heteroatoms. The van der Waals surface area contributed by atoms with Crippen molar-refractivity contribution in [3.63, 3.8) is 0 Å². The molecule has 2 aromatic rings. The van der Waals surface area contributed by atoms with Gasteiger partial charge in [0.1, 0.15) is 0 Å². The van der Waals surface area contributed by atoms with E-state index in [4.69, 9.17) is 0 Å². The molecule has 30 heavy (non-hydrogen) atoms. The molecule has 2 N–H and O–H groups in total. The van der Waals surface area contributed by atoms with Gasteiger partial charge >= 0.3 is 0 Å². The van der Waals surface area contributed by atoms with Crippen molar-refractivity contribution in [3.8, 4) is 0 Å². The molecule has 0 aromatic heterocycles. The van der Waals surface area contributed by atoms with E-state index in [2.05, 4.69) is 5.32 Å². The second kappa shape index (κ2) is 8.49. The Bertz CT molecular complexity index is 1060. The molecule has 4 rings (SSSR count). The number of anilines is 1. The molecule has 2 aromatic carbocycles. The topological polar surface area (TPSA) is 70.9 Å². The highest BCUT2D eigenvalue weighted by Gasteiger charge is 2.31. The van der Waals surface area contributed by atoms with E-state index < -0.39 is 10.0 Å². The molecule has 1 fully saturated rings. The van der Waals surface area contributed by atoms with Crippen LogP contribution in [0.1, 0.15) is 28.7 Å². The van der Waals surface area contributed by atoms with Gasteiger partial charge in [-0.15, -0.1) is 0 Å². The molecule has 6 nitrogen and oxygen atoms in total. The number of carbonyl (C=O) groups excluding carboxylic acids is 1. The minimum absolute atomic E-state index is 0.0337. The summed E-state index contributed by atoms with van der Waals surface area (Å²) >= 11 is 0. The van der Waals surface area contributed by atoms with Gasteiger partial charge in [0.25, 0.3) is 5.91 Å². The predicted octanol–water partition coefficient (Wildman–Crippen LogP) is 1.32. The Morgan fingerprint density at radius 1 is 1.07 bits per heavy atom. The van der Waals surface area contributed by atoms with Gasteiger partial charge in [0.05, 0.1) is 31.1 Å². The minimum atomic E-state index is -3.47. The Labute approximate surface area is 178 Å². The average molecular weight is 429 g/mol. The number of benzene rings is 2. The summed E-state index contributed by atoms with van der Waals surface area (Å²) in [5, 5.41) is 3.00. The first-order valence-corrected chi connectivity index (χ1v) is 12.1. The normalized spacial score (nSPS) is 17.7. The van der Waals surface area contributed by atoms with Gasteiger partial charge in [-0.05, 0) is 73.6 Å². The first kappa shape index (κ1) is 21.0. The molecule has 1 heterocycles. The number of piperazine rings is 1. The molecular formula is C23H30N3O3S+. The number of nitrogens with zero attached hydrogens (tertiary/aromatic N) is 1. The number of nitrogens with one attached hydrogen (secondary N) is 2. The number of amides is 1. The molecule has 1 amide bonds. The van der Waals surface area contributed by atoms with Crippen molar-refractivity contribution in [2.45, 2.75) is 38.0 Å². The smallest absolute Gasteiger partial charge is 0.279 e. The highest BCUT2D eigenvalue weighted by Crippen LogP contribution is 2.26. The van der Waals surface area contributed by atoms with Crippen molar-refractivity contribution in [2.24, 2.45) is 0 Å². The monoisotopic (exact) mass is 428 g/mol. The van der Waals surface area contributed by atoms with Gasteiger partial charge in [-0.3, -0.25) is 4.79 Å². The summed E-state index contributed by atoms with van der Waals surface area (Å²) in [6.45, 7) is 6.50. The quantitative estimate of drug-likeness (QED) is 0.755. The fourth-order valence-electron chi connectivity index (χ4n) is 4.39. The highest BCUT2D eigenvalue weighted by molar-refractivity contribution is 7.89. The van der Waals surface area contributed by atoms with Crippen molar-refractivity contribution >= 4 is 21.6 Å². The van der Waals surface area contributed by atoms with Crippen molar-refractivity contribution in [1.29, 1.82) is 0 Å². The highest BCUT2D eigenvalue weighted by atomic mass is 32.2. The maximum absolute atomic E-state index is 13.1. The van der Waals surface area contributed by atoms with E-state index in [1.165, 1.54) is 11.1 Å². The SMILES string of the molecule is Cc1cccc(NC(=O)C[NH+]2CCN(S(=O)(=O)c3ccc4c(c3)CCC4)CC2)c1C.